The predicted octanol–water partition coefficient (Wildman–Crippen LogP) is 3.42. The van der Waals surface area contributed by atoms with Crippen molar-refractivity contribution in [2.45, 2.75) is 25.0 Å². The number of sulfonamides is 1. The second-order valence-electron chi connectivity index (χ2n) is 6.29. The Morgan fingerprint density at radius 1 is 1.31 bits per heavy atom. The lowest BCUT2D eigenvalue weighted by atomic mass is 10.3. The Morgan fingerprint density at radius 2 is 2.07 bits per heavy atom. The van der Waals surface area contributed by atoms with Gasteiger partial charge in [0.25, 0.3) is 0 Å². The number of rotatable bonds is 7. The van der Waals surface area contributed by atoms with Crippen LogP contribution in [-0.4, -0.2) is 42.3 Å². The van der Waals surface area contributed by atoms with Crippen molar-refractivity contribution in [3.8, 4) is 0 Å². The molecule has 0 radical (unpaired) electrons. The molecule has 0 unspecified atom stereocenters. The average molecular weight is 482 g/mol. The number of hydrogen-bond donors (Lipinski definition) is 0. The summed E-state index contributed by atoms with van der Waals surface area (Å²) in [5.74, 6) is 0.511. The van der Waals surface area contributed by atoms with Gasteiger partial charge in [-0.25, -0.2) is 22.5 Å². The Balaban J connectivity index is 1.80. The Kier molecular flexibility index (Phi) is 6.25. The molecule has 0 saturated carbocycles. The molecule has 0 amide bonds. The first-order chi connectivity index (χ1) is 13.7. The van der Waals surface area contributed by atoms with Crippen molar-refractivity contribution in [2.24, 2.45) is 0 Å². The summed E-state index contributed by atoms with van der Waals surface area (Å²) in [4.78, 5) is 16.6. The van der Waals surface area contributed by atoms with Crippen LogP contribution in [0.1, 0.15) is 18.5 Å². The van der Waals surface area contributed by atoms with Crippen molar-refractivity contribution in [3.63, 3.8) is 0 Å². The van der Waals surface area contributed by atoms with Crippen molar-refractivity contribution in [2.75, 3.05) is 14.1 Å². The SMILES string of the molecule is CCn1c(COC(=O)/C=C/c2ccc(Br)o2)nc2cc(S(=O)(=O)N(C)C)ccc21. The van der Waals surface area contributed by atoms with Crippen LogP contribution in [0.3, 0.4) is 0 Å². The molecule has 8 nitrogen and oxygen atoms in total. The number of fused-ring (bicyclic) bond motifs is 1. The molecular formula is C19H20BrN3O5S. The number of carbonyl (C=O) groups excluding carboxylic acids is 1. The Morgan fingerprint density at radius 3 is 2.69 bits per heavy atom. The number of aryl methyl sites for hydroxylation is 1. The number of aromatic nitrogens is 2. The van der Waals surface area contributed by atoms with E-state index in [0.717, 1.165) is 9.82 Å². The summed E-state index contributed by atoms with van der Waals surface area (Å²) >= 11 is 3.19. The summed E-state index contributed by atoms with van der Waals surface area (Å²) < 4.78 is 38.8. The van der Waals surface area contributed by atoms with Crippen LogP contribution in [0.2, 0.25) is 0 Å². The van der Waals surface area contributed by atoms with Crippen LogP contribution in [0.4, 0.5) is 0 Å². The molecule has 0 atom stereocenters. The average Bonchev–Trinajstić information content (AvgIpc) is 3.26. The molecule has 29 heavy (non-hydrogen) atoms. The van der Waals surface area contributed by atoms with Crippen molar-refractivity contribution < 1.29 is 22.4 Å². The van der Waals surface area contributed by atoms with Gasteiger partial charge in [-0.3, -0.25) is 0 Å². The van der Waals surface area contributed by atoms with Crippen LogP contribution < -0.4 is 0 Å². The van der Waals surface area contributed by atoms with E-state index in [1.165, 1.54) is 32.3 Å². The Labute approximate surface area is 176 Å². The number of carbonyl (C=O) groups is 1. The number of ether oxygens (including phenoxy) is 1. The van der Waals surface area contributed by atoms with Crippen LogP contribution in [0.5, 0.6) is 0 Å². The summed E-state index contributed by atoms with van der Waals surface area (Å²) in [5.41, 5.74) is 1.30. The Bertz CT molecular complexity index is 1180. The first kappa shape index (κ1) is 21.3. The van der Waals surface area contributed by atoms with Gasteiger partial charge in [0.05, 0.1) is 15.9 Å². The molecule has 0 aliphatic carbocycles. The first-order valence-electron chi connectivity index (χ1n) is 8.74. The molecule has 0 aliphatic heterocycles. The summed E-state index contributed by atoms with van der Waals surface area (Å²) in [6.07, 6.45) is 2.78. The van der Waals surface area contributed by atoms with Gasteiger partial charge in [0, 0.05) is 26.7 Å². The normalized spacial score (nSPS) is 12.3. The van der Waals surface area contributed by atoms with Crippen LogP contribution in [0.25, 0.3) is 17.1 Å². The molecule has 0 N–H and O–H groups in total. The number of hydrogen-bond acceptors (Lipinski definition) is 6. The third-order valence-electron chi connectivity index (χ3n) is 4.21. The van der Waals surface area contributed by atoms with E-state index < -0.39 is 16.0 Å². The lowest BCUT2D eigenvalue weighted by Gasteiger charge is -2.11. The maximum Gasteiger partial charge on any atom is 0.331 e. The van der Waals surface area contributed by atoms with E-state index >= 15 is 0 Å². The van der Waals surface area contributed by atoms with Gasteiger partial charge in [-0.15, -0.1) is 0 Å². The number of halogens is 1. The van der Waals surface area contributed by atoms with E-state index in [4.69, 9.17) is 9.15 Å². The lowest BCUT2D eigenvalue weighted by Crippen LogP contribution is -2.22. The number of esters is 1. The smallest absolute Gasteiger partial charge is 0.331 e. The molecule has 0 fully saturated rings. The molecular weight excluding hydrogens is 462 g/mol. The van der Waals surface area contributed by atoms with Crippen LogP contribution in [-0.2, 0) is 32.7 Å². The zero-order chi connectivity index (χ0) is 21.2. The van der Waals surface area contributed by atoms with Gasteiger partial charge in [-0.1, -0.05) is 0 Å². The summed E-state index contributed by atoms with van der Waals surface area (Å²) in [7, 11) is -0.607. The molecule has 0 saturated heterocycles. The highest BCUT2D eigenvalue weighted by atomic mass is 79.9. The zero-order valence-electron chi connectivity index (χ0n) is 16.1. The van der Waals surface area contributed by atoms with Gasteiger partial charge < -0.3 is 13.7 Å². The second-order valence-corrected chi connectivity index (χ2v) is 9.23. The van der Waals surface area contributed by atoms with E-state index in [1.807, 2.05) is 11.5 Å². The maximum absolute atomic E-state index is 12.3. The summed E-state index contributed by atoms with van der Waals surface area (Å²) in [6, 6.07) is 8.22. The molecule has 1 aromatic carbocycles. The van der Waals surface area contributed by atoms with Crippen LogP contribution in [0.15, 0.2) is 50.4 Å². The fourth-order valence-electron chi connectivity index (χ4n) is 2.75. The fourth-order valence-corrected chi connectivity index (χ4v) is 3.99. The summed E-state index contributed by atoms with van der Waals surface area (Å²) in [5, 5.41) is 0. The first-order valence-corrected chi connectivity index (χ1v) is 11.0. The third kappa shape index (κ3) is 4.60. The minimum Gasteiger partial charge on any atom is -0.454 e. The second kappa shape index (κ2) is 8.52. The van der Waals surface area contributed by atoms with Gasteiger partial charge in [0.15, 0.2) is 4.67 Å². The third-order valence-corrected chi connectivity index (χ3v) is 6.45. The quantitative estimate of drug-likeness (QED) is 0.379. The van der Waals surface area contributed by atoms with E-state index in [-0.39, 0.29) is 11.5 Å². The van der Waals surface area contributed by atoms with Gasteiger partial charge in [-0.2, -0.15) is 0 Å². The van der Waals surface area contributed by atoms with Gasteiger partial charge in [-0.05, 0) is 59.3 Å². The highest BCUT2D eigenvalue weighted by Crippen LogP contribution is 2.22. The molecule has 2 aromatic heterocycles. The van der Waals surface area contributed by atoms with E-state index in [2.05, 4.69) is 20.9 Å². The highest BCUT2D eigenvalue weighted by molar-refractivity contribution is 9.10. The molecule has 3 rings (SSSR count). The van der Waals surface area contributed by atoms with Crippen molar-refractivity contribution >= 4 is 49.0 Å². The molecule has 0 aliphatic rings. The summed E-state index contributed by atoms with van der Waals surface area (Å²) in [6.45, 7) is 2.49. The lowest BCUT2D eigenvalue weighted by molar-refractivity contribution is -0.139. The standard InChI is InChI=1S/C19H20BrN3O5S/c1-4-23-16-8-7-14(29(25,26)22(2)3)11-15(16)21-18(23)12-27-19(24)10-6-13-5-9-17(20)28-13/h5-11H,4,12H2,1-3H3/b10-6+. The number of imidazole rings is 1. The minimum atomic E-state index is -3.56. The van der Waals surface area contributed by atoms with Crippen molar-refractivity contribution in [1.29, 1.82) is 0 Å². The topological polar surface area (TPSA) is 94.6 Å². The molecule has 10 heteroatoms. The number of nitrogens with zero attached hydrogens (tertiary/aromatic N) is 3. The minimum absolute atomic E-state index is 0.0384. The molecule has 0 bridgehead atoms. The maximum atomic E-state index is 12.3. The fraction of sp³-hybridized carbons (Fsp3) is 0.263. The number of furan rings is 1. The van der Waals surface area contributed by atoms with Crippen LogP contribution >= 0.6 is 15.9 Å². The monoisotopic (exact) mass is 481 g/mol. The molecule has 2 heterocycles. The van der Waals surface area contributed by atoms with E-state index in [9.17, 15) is 13.2 Å². The Hall–Kier alpha value is -2.43. The number of benzene rings is 1. The van der Waals surface area contributed by atoms with E-state index in [1.54, 1.807) is 24.3 Å². The highest BCUT2D eigenvalue weighted by Gasteiger charge is 2.19. The van der Waals surface area contributed by atoms with Gasteiger partial charge in [0.1, 0.15) is 18.2 Å². The van der Waals surface area contributed by atoms with Crippen molar-refractivity contribution in [3.05, 3.63) is 52.7 Å². The van der Waals surface area contributed by atoms with Gasteiger partial charge >= 0.3 is 5.97 Å². The van der Waals surface area contributed by atoms with Crippen molar-refractivity contribution in [1.82, 2.24) is 13.9 Å². The zero-order valence-corrected chi connectivity index (χ0v) is 18.5. The van der Waals surface area contributed by atoms with Crippen LogP contribution in [0, 0.1) is 0 Å². The van der Waals surface area contributed by atoms with E-state index in [0.29, 0.717) is 28.3 Å². The predicted molar refractivity (Wildman–Crippen MR) is 112 cm³/mol. The van der Waals surface area contributed by atoms with Gasteiger partial charge in [0.2, 0.25) is 10.0 Å². The molecule has 0 spiro atoms. The molecule has 154 valence electrons. The largest absolute Gasteiger partial charge is 0.454 e. The molecule has 3 aromatic rings.